The van der Waals surface area contributed by atoms with Crippen molar-refractivity contribution in [2.75, 3.05) is 6.54 Å². The van der Waals surface area contributed by atoms with E-state index in [1.54, 1.807) is 6.92 Å². The number of rotatable bonds is 2. The second kappa shape index (κ2) is 5.02. The molecule has 0 aliphatic heterocycles. The molecule has 1 aromatic rings. The lowest BCUT2D eigenvalue weighted by Gasteiger charge is -2.24. The Kier molecular flexibility index (Phi) is 3.66. The topological polar surface area (TPSA) is 43.1 Å². The lowest BCUT2D eigenvalue weighted by molar-refractivity contribution is -0.109. The Morgan fingerprint density at radius 3 is 3.06 bits per heavy atom. The second-order valence-electron chi connectivity index (χ2n) is 4.28. The lowest BCUT2D eigenvalue weighted by Crippen LogP contribution is -2.18. The zero-order chi connectivity index (χ0) is 11.5. The van der Waals surface area contributed by atoms with Crippen LogP contribution in [0.15, 0.2) is 23.1 Å². The normalized spacial score (nSPS) is 19.2. The summed E-state index contributed by atoms with van der Waals surface area (Å²) >= 11 is 1.31. The van der Waals surface area contributed by atoms with Gasteiger partial charge in [-0.15, -0.1) is 0 Å². The van der Waals surface area contributed by atoms with Crippen molar-refractivity contribution < 1.29 is 4.79 Å². The number of thioether (sulfide) groups is 1. The van der Waals surface area contributed by atoms with Gasteiger partial charge in [-0.05, 0) is 55.0 Å². The molecule has 2 rings (SSSR count). The fourth-order valence-corrected chi connectivity index (χ4v) is 3.03. The maximum atomic E-state index is 11.0. The van der Waals surface area contributed by atoms with E-state index < -0.39 is 0 Å². The van der Waals surface area contributed by atoms with Crippen molar-refractivity contribution in [2.45, 2.75) is 37.0 Å². The molecule has 3 heteroatoms. The van der Waals surface area contributed by atoms with Gasteiger partial charge in [0.15, 0.2) is 5.12 Å². The van der Waals surface area contributed by atoms with Crippen LogP contribution in [0.1, 0.15) is 36.8 Å². The monoisotopic (exact) mass is 235 g/mol. The third-order valence-electron chi connectivity index (χ3n) is 3.10. The molecule has 1 atom stereocenters. The van der Waals surface area contributed by atoms with Crippen LogP contribution in [-0.4, -0.2) is 11.7 Å². The first-order valence-corrected chi connectivity index (χ1v) is 6.53. The molecule has 0 saturated heterocycles. The molecule has 86 valence electrons. The van der Waals surface area contributed by atoms with Crippen molar-refractivity contribution in [1.29, 1.82) is 0 Å². The number of fused-ring (bicyclic) bond motifs is 1. The largest absolute Gasteiger partial charge is 0.330 e. The molecule has 0 aromatic heterocycles. The number of hydrogen-bond donors (Lipinski definition) is 1. The Morgan fingerprint density at radius 1 is 1.56 bits per heavy atom. The van der Waals surface area contributed by atoms with Crippen LogP contribution in [0, 0.1) is 0 Å². The average Bonchev–Trinajstić information content (AvgIpc) is 2.27. The molecule has 16 heavy (non-hydrogen) atoms. The molecule has 0 radical (unpaired) electrons. The van der Waals surface area contributed by atoms with E-state index in [2.05, 4.69) is 12.1 Å². The highest BCUT2D eigenvalue weighted by Gasteiger charge is 2.19. The second-order valence-corrected chi connectivity index (χ2v) is 5.53. The van der Waals surface area contributed by atoms with Gasteiger partial charge in [0.1, 0.15) is 0 Å². The van der Waals surface area contributed by atoms with E-state index in [4.69, 9.17) is 5.73 Å². The summed E-state index contributed by atoms with van der Waals surface area (Å²) in [5, 5.41) is 0.145. The molecular weight excluding hydrogens is 218 g/mol. The standard InChI is InChI=1S/C13H17NOS/c1-9(15)16-12-5-6-13-10(7-12)3-2-4-11(13)8-14/h5-7,11H,2-4,8,14H2,1H3/t11-/m0/s1. The highest BCUT2D eigenvalue weighted by Crippen LogP contribution is 2.33. The summed E-state index contributed by atoms with van der Waals surface area (Å²) in [5.74, 6) is 0.514. The summed E-state index contributed by atoms with van der Waals surface area (Å²) in [5.41, 5.74) is 8.55. The van der Waals surface area contributed by atoms with E-state index in [9.17, 15) is 4.79 Å². The Bertz CT molecular complexity index is 403. The van der Waals surface area contributed by atoms with Gasteiger partial charge in [-0.25, -0.2) is 0 Å². The maximum Gasteiger partial charge on any atom is 0.190 e. The van der Waals surface area contributed by atoms with Crippen LogP contribution in [0.25, 0.3) is 0 Å². The molecular formula is C13H17NOS. The summed E-state index contributed by atoms with van der Waals surface area (Å²) in [6.45, 7) is 2.33. The number of hydrogen-bond acceptors (Lipinski definition) is 3. The first-order valence-electron chi connectivity index (χ1n) is 5.72. The first-order chi connectivity index (χ1) is 7.70. The van der Waals surface area contributed by atoms with Gasteiger partial charge < -0.3 is 5.73 Å². The van der Waals surface area contributed by atoms with Gasteiger partial charge in [-0.2, -0.15) is 0 Å². The van der Waals surface area contributed by atoms with Crippen molar-refractivity contribution in [3.63, 3.8) is 0 Å². The van der Waals surface area contributed by atoms with Crippen LogP contribution in [0.4, 0.5) is 0 Å². The molecule has 0 saturated carbocycles. The van der Waals surface area contributed by atoms with Crippen molar-refractivity contribution in [2.24, 2.45) is 5.73 Å². The highest BCUT2D eigenvalue weighted by molar-refractivity contribution is 8.13. The van der Waals surface area contributed by atoms with Gasteiger partial charge in [0.2, 0.25) is 0 Å². The molecule has 0 bridgehead atoms. The number of benzene rings is 1. The van der Waals surface area contributed by atoms with Crippen molar-refractivity contribution in [3.05, 3.63) is 29.3 Å². The predicted octanol–water partition coefficient (Wildman–Crippen LogP) is 2.70. The van der Waals surface area contributed by atoms with E-state index in [-0.39, 0.29) is 5.12 Å². The fraction of sp³-hybridized carbons (Fsp3) is 0.462. The summed E-state index contributed by atoms with van der Waals surface area (Å²) in [7, 11) is 0. The molecule has 2 nitrogen and oxygen atoms in total. The molecule has 0 unspecified atom stereocenters. The molecule has 0 fully saturated rings. The van der Waals surface area contributed by atoms with Crippen molar-refractivity contribution in [1.82, 2.24) is 0 Å². The third kappa shape index (κ3) is 2.47. The van der Waals surface area contributed by atoms with Crippen LogP contribution in [0.2, 0.25) is 0 Å². The smallest absolute Gasteiger partial charge is 0.190 e. The molecule has 0 amide bonds. The summed E-state index contributed by atoms with van der Waals surface area (Å²) in [6, 6.07) is 6.35. The molecule has 1 aromatic carbocycles. The van der Waals surface area contributed by atoms with Gasteiger partial charge in [0.25, 0.3) is 0 Å². The third-order valence-corrected chi connectivity index (χ3v) is 3.88. The van der Waals surface area contributed by atoms with Crippen molar-refractivity contribution in [3.8, 4) is 0 Å². The quantitative estimate of drug-likeness (QED) is 0.801. The van der Waals surface area contributed by atoms with E-state index in [1.807, 2.05) is 6.07 Å². The lowest BCUT2D eigenvalue weighted by atomic mass is 9.83. The minimum Gasteiger partial charge on any atom is -0.330 e. The van der Waals surface area contributed by atoms with Gasteiger partial charge in [-0.1, -0.05) is 17.8 Å². The van der Waals surface area contributed by atoms with Crippen LogP contribution in [0.5, 0.6) is 0 Å². The Morgan fingerprint density at radius 2 is 2.38 bits per heavy atom. The van der Waals surface area contributed by atoms with Gasteiger partial charge in [-0.3, -0.25) is 4.79 Å². The zero-order valence-corrected chi connectivity index (χ0v) is 10.3. The molecule has 0 heterocycles. The summed E-state index contributed by atoms with van der Waals surface area (Å²) < 4.78 is 0. The van der Waals surface area contributed by atoms with Crippen LogP contribution >= 0.6 is 11.8 Å². The molecule has 1 aliphatic rings. The average molecular weight is 235 g/mol. The van der Waals surface area contributed by atoms with Gasteiger partial charge in [0.05, 0.1) is 0 Å². The summed E-state index contributed by atoms with van der Waals surface area (Å²) in [4.78, 5) is 12.1. The number of aryl methyl sites for hydroxylation is 1. The van der Waals surface area contributed by atoms with Gasteiger partial charge >= 0.3 is 0 Å². The predicted molar refractivity (Wildman–Crippen MR) is 67.7 cm³/mol. The van der Waals surface area contributed by atoms with Crippen LogP contribution in [0.3, 0.4) is 0 Å². The zero-order valence-electron chi connectivity index (χ0n) is 9.53. The van der Waals surface area contributed by atoms with E-state index in [1.165, 1.54) is 35.7 Å². The molecule has 1 aliphatic carbocycles. The van der Waals surface area contributed by atoms with Crippen molar-refractivity contribution >= 4 is 16.9 Å². The minimum absolute atomic E-state index is 0.145. The van der Waals surface area contributed by atoms with Gasteiger partial charge in [0, 0.05) is 11.8 Å². The number of nitrogens with two attached hydrogens (primary N) is 1. The Balaban J connectivity index is 2.28. The SMILES string of the molecule is CC(=O)Sc1ccc2c(c1)CCC[C@H]2CN. The molecule has 2 N–H and O–H groups in total. The summed E-state index contributed by atoms with van der Waals surface area (Å²) in [6.07, 6.45) is 3.53. The van der Waals surface area contributed by atoms with E-state index in [0.717, 1.165) is 17.9 Å². The molecule has 0 spiro atoms. The van der Waals surface area contributed by atoms with Crippen LogP contribution in [-0.2, 0) is 11.2 Å². The van der Waals surface area contributed by atoms with Crippen LogP contribution < -0.4 is 5.73 Å². The minimum atomic E-state index is 0.145. The Labute approximate surface area is 101 Å². The maximum absolute atomic E-state index is 11.0. The van der Waals surface area contributed by atoms with E-state index >= 15 is 0 Å². The first kappa shape index (κ1) is 11.7. The highest BCUT2D eigenvalue weighted by atomic mass is 32.2. The fourth-order valence-electron chi connectivity index (χ4n) is 2.37. The number of carbonyl (C=O) groups excluding carboxylic acids is 1. The Hall–Kier alpha value is -0.800. The van der Waals surface area contributed by atoms with E-state index in [0.29, 0.717) is 5.92 Å². The number of carbonyl (C=O) groups is 1.